The van der Waals surface area contributed by atoms with Crippen LogP contribution in [0.2, 0.25) is 0 Å². The van der Waals surface area contributed by atoms with Gasteiger partial charge in [0.15, 0.2) is 5.78 Å². The summed E-state index contributed by atoms with van der Waals surface area (Å²) >= 11 is 0. The molecular weight excluding hydrogens is 232 g/mol. The smallest absolute Gasteiger partial charge is 0.256 e. The van der Waals surface area contributed by atoms with Crippen molar-refractivity contribution < 1.29 is 14.7 Å². The zero-order valence-corrected chi connectivity index (χ0v) is 10.3. The van der Waals surface area contributed by atoms with E-state index in [0.29, 0.717) is 18.5 Å². The van der Waals surface area contributed by atoms with E-state index in [9.17, 15) is 14.7 Å². The number of pyridine rings is 1. The topological polar surface area (TPSA) is 70.5 Å². The molecule has 1 aromatic rings. The molecule has 0 aromatic carbocycles. The summed E-state index contributed by atoms with van der Waals surface area (Å²) < 4.78 is 0. The Morgan fingerprint density at radius 1 is 1.50 bits per heavy atom. The minimum Gasteiger partial charge on any atom is -0.506 e. The monoisotopic (exact) mass is 248 g/mol. The van der Waals surface area contributed by atoms with Crippen LogP contribution < -0.4 is 0 Å². The molecular formula is C13H16N2O3. The fourth-order valence-corrected chi connectivity index (χ4v) is 2.29. The first kappa shape index (κ1) is 12.5. The number of hydrogen-bond donors (Lipinski definition) is 1. The van der Waals surface area contributed by atoms with Gasteiger partial charge in [-0.1, -0.05) is 6.92 Å². The summed E-state index contributed by atoms with van der Waals surface area (Å²) in [6.45, 7) is 2.39. The molecule has 2 heterocycles. The molecule has 5 nitrogen and oxygen atoms in total. The lowest BCUT2D eigenvalue weighted by molar-refractivity contribution is -0.122. The molecule has 2 rings (SSSR count). The van der Waals surface area contributed by atoms with E-state index < -0.39 is 0 Å². The van der Waals surface area contributed by atoms with Gasteiger partial charge in [-0.2, -0.15) is 0 Å². The summed E-state index contributed by atoms with van der Waals surface area (Å²) in [5, 5.41) is 9.33. The number of nitrogens with zero attached hydrogens (tertiary/aromatic N) is 2. The van der Waals surface area contributed by atoms with Crippen LogP contribution in [0.15, 0.2) is 18.5 Å². The van der Waals surface area contributed by atoms with Gasteiger partial charge in [0.25, 0.3) is 5.91 Å². The molecule has 0 radical (unpaired) electrons. The number of aromatic hydroxyl groups is 1. The second-order valence-electron chi connectivity index (χ2n) is 4.41. The molecule has 1 aromatic heterocycles. The molecule has 1 aliphatic rings. The van der Waals surface area contributed by atoms with Crippen LogP contribution in [0.4, 0.5) is 0 Å². The van der Waals surface area contributed by atoms with Gasteiger partial charge in [-0.25, -0.2) is 0 Å². The van der Waals surface area contributed by atoms with Gasteiger partial charge in [0, 0.05) is 19.2 Å². The van der Waals surface area contributed by atoms with E-state index in [4.69, 9.17) is 0 Å². The molecule has 1 N–H and O–H groups in total. The Hall–Kier alpha value is -1.91. The molecule has 1 amide bonds. The molecule has 1 unspecified atom stereocenters. The van der Waals surface area contributed by atoms with Crippen molar-refractivity contribution >= 4 is 11.7 Å². The number of hydrogen-bond acceptors (Lipinski definition) is 4. The fraction of sp³-hybridized carbons (Fsp3) is 0.462. The van der Waals surface area contributed by atoms with Crippen LogP contribution in [0.1, 0.15) is 36.5 Å². The lowest BCUT2D eigenvalue weighted by atomic mass is 10.1. The van der Waals surface area contributed by atoms with Crippen molar-refractivity contribution in [1.29, 1.82) is 0 Å². The van der Waals surface area contributed by atoms with E-state index in [1.165, 1.54) is 18.5 Å². The molecule has 1 atom stereocenters. The molecule has 96 valence electrons. The van der Waals surface area contributed by atoms with E-state index in [2.05, 4.69) is 4.98 Å². The summed E-state index contributed by atoms with van der Waals surface area (Å²) in [7, 11) is 0. The maximum absolute atomic E-state index is 12.3. The predicted octanol–water partition coefficient (Wildman–Crippen LogP) is 1.37. The molecule has 0 bridgehead atoms. The predicted molar refractivity (Wildman–Crippen MR) is 65.3 cm³/mol. The molecule has 0 spiro atoms. The molecule has 1 fully saturated rings. The van der Waals surface area contributed by atoms with Crippen molar-refractivity contribution in [3.63, 3.8) is 0 Å². The number of likely N-dealkylation sites (tertiary alicyclic amines) is 1. The second kappa shape index (κ2) is 5.16. The third-order valence-corrected chi connectivity index (χ3v) is 3.20. The van der Waals surface area contributed by atoms with Gasteiger partial charge in [0.05, 0.1) is 17.8 Å². The summed E-state index contributed by atoms with van der Waals surface area (Å²) in [6.07, 6.45) is 4.69. The summed E-state index contributed by atoms with van der Waals surface area (Å²) in [5.41, 5.74) is 0.325. The SMILES string of the molecule is CCC(=O)C1CCCN1C(=O)c1cncc(O)c1. The minimum atomic E-state index is -0.315. The van der Waals surface area contributed by atoms with Crippen molar-refractivity contribution in [2.24, 2.45) is 0 Å². The summed E-state index contributed by atoms with van der Waals surface area (Å²) in [4.78, 5) is 29.4. The number of aromatic nitrogens is 1. The molecule has 18 heavy (non-hydrogen) atoms. The zero-order valence-electron chi connectivity index (χ0n) is 10.3. The molecule has 1 aliphatic heterocycles. The van der Waals surface area contributed by atoms with Crippen LogP contribution in [0.5, 0.6) is 5.75 Å². The minimum absolute atomic E-state index is 0.0431. The van der Waals surface area contributed by atoms with Crippen LogP contribution in [0, 0.1) is 0 Å². The van der Waals surface area contributed by atoms with Gasteiger partial charge in [0.1, 0.15) is 5.75 Å². The highest BCUT2D eigenvalue weighted by Gasteiger charge is 2.33. The number of amides is 1. The van der Waals surface area contributed by atoms with Crippen molar-refractivity contribution in [2.45, 2.75) is 32.2 Å². The third-order valence-electron chi connectivity index (χ3n) is 3.20. The third kappa shape index (κ3) is 2.34. The highest BCUT2D eigenvalue weighted by Crippen LogP contribution is 2.22. The first-order chi connectivity index (χ1) is 8.63. The Labute approximate surface area is 105 Å². The van der Waals surface area contributed by atoms with Crippen LogP contribution >= 0.6 is 0 Å². The Balaban J connectivity index is 2.20. The van der Waals surface area contributed by atoms with E-state index >= 15 is 0 Å². The Kier molecular flexibility index (Phi) is 3.60. The normalized spacial score (nSPS) is 18.9. The van der Waals surface area contributed by atoms with Crippen molar-refractivity contribution in [3.8, 4) is 5.75 Å². The lowest BCUT2D eigenvalue weighted by Crippen LogP contribution is -2.40. The molecule has 5 heteroatoms. The number of Topliss-reactive ketones (excluding diaryl/α,β-unsaturated/α-hetero) is 1. The maximum Gasteiger partial charge on any atom is 0.256 e. The standard InChI is InChI=1S/C13H16N2O3/c1-2-12(17)11-4-3-5-15(11)13(18)9-6-10(16)8-14-7-9/h6-8,11,16H,2-5H2,1H3. The number of ketones is 1. The number of carbonyl (C=O) groups is 2. The van der Waals surface area contributed by atoms with Crippen LogP contribution in [0.3, 0.4) is 0 Å². The first-order valence-corrected chi connectivity index (χ1v) is 6.11. The molecule has 0 aliphatic carbocycles. The van der Waals surface area contributed by atoms with Gasteiger partial charge in [0.2, 0.25) is 0 Å². The van der Waals surface area contributed by atoms with Gasteiger partial charge < -0.3 is 10.0 Å². The van der Waals surface area contributed by atoms with Crippen molar-refractivity contribution in [1.82, 2.24) is 9.88 Å². The van der Waals surface area contributed by atoms with Crippen LogP contribution in [-0.2, 0) is 4.79 Å². The van der Waals surface area contributed by atoms with Gasteiger partial charge in [-0.05, 0) is 18.9 Å². The Bertz CT molecular complexity index is 473. The van der Waals surface area contributed by atoms with Gasteiger partial charge in [-0.3, -0.25) is 14.6 Å². The van der Waals surface area contributed by atoms with E-state index in [-0.39, 0.29) is 23.5 Å². The lowest BCUT2D eigenvalue weighted by Gasteiger charge is -2.23. The van der Waals surface area contributed by atoms with E-state index in [1.54, 1.807) is 11.8 Å². The highest BCUT2D eigenvalue weighted by atomic mass is 16.3. The average molecular weight is 248 g/mol. The summed E-state index contributed by atoms with van der Waals surface area (Å²) in [6, 6.07) is 1.06. The second-order valence-corrected chi connectivity index (χ2v) is 4.41. The zero-order chi connectivity index (χ0) is 13.1. The number of rotatable bonds is 3. The molecule has 0 saturated carbocycles. The van der Waals surface area contributed by atoms with E-state index in [1.807, 2.05) is 0 Å². The van der Waals surface area contributed by atoms with Crippen molar-refractivity contribution in [3.05, 3.63) is 24.0 Å². The first-order valence-electron chi connectivity index (χ1n) is 6.11. The summed E-state index contributed by atoms with van der Waals surface area (Å²) in [5.74, 6) is -0.185. The fourth-order valence-electron chi connectivity index (χ4n) is 2.29. The van der Waals surface area contributed by atoms with E-state index in [0.717, 1.165) is 12.8 Å². The molecule has 1 saturated heterocycles. The van der Waals surface area contributed by atoms with Crippen molar-refractivity contribution in [2.75, 3.05) is 6.54 Å². The quantitative estimate of drug-likeness (QED) is 0.877. The van der Waals surface area contributed by atoms with Crippen LogP contribution in [-0.4, -0.2) is 39.3 Å². The maximum atomic E-state index is 12.3. The Morgan fingerprint density at radius 3 is 2.94 bits per heavy atom. The van der Waals surface area contributed by atoms with Gasteiger partial charge >= 0.3 is 0 Å². The van der Waals surface area contributed by atoms with Crippen LogP contribution in [0.25, 0.3) is 0 Å². The average Bonchev–Trinajstić information content (AvgIpc) is 2.86. The largest absolute Gasteiger partial charge is 0.506 e. The highest BCUT2D eigenvalue weighted by molar-refractivity contribution is 5.98. The van der Waals surface area contributed by atoms with Gasteiger partial charge in [-0.15, -0.1) is 0 Å². The number of carbonyl (C=O) groups excluding carboxylic acids is 2. The Morgan fingerprint density at radius 2 is 2.28 bits per heavy atom.